The molecule has 138 valence electrons. The van der Waals surface area contributed by atoms with Gasteiger partial charge in [0.2, 0.25) is 0 Å². The van der Waals surface area contributed by atoms with E-state index in [0.29, 0.717) is 22.3 Å². The highest BCUT2D eigenvalue weighted by Crippen LogP contribution is 2.29. The van der Waals surface area contributed by atoms with Crippen LogP contribution in [0.2, 0.25) is 0 Å². The maximum absolute atomic E-state index is 11.7. The van der Waals surface area contributed by atoms with Crippen molar-refractivity contribution in [3.63, 3.8) is 0 Å². The zero-order valence-electron chi connectivity index (χ0n) is 15.2. The highest BCUT2D eigenvalue weighted by atomic mass is 16.5. The molecule has 0 unspecified atom stereocenters. The van der Waals surface area contributed by atoms with Crippen molar-refractivity contribution in [1.82, 2.24) is 4.98 Å². The number of pyridine rings is 1. The summed E-state index contributed by atoms with van der Waals surface area (Å²) in [6.45, 7) is 0. The van der Waals surface area contributed by atoms with E-state index < -0.39 is 5.97 Å². The molecule has 1 heterocycles. The quantitative estimate of drug-likeness (QED) is 0.501. The van der Waals surface area contributed by atoms with Gasteiger partial charge in [0, 0.05) is 16.6 Å². The summed E-state index contributed by atoms with van der Waals surface area (Å²) in [6, 6.07) is 22.4. The number of methoxy groups -OCH3 is 1. The van der Waals surface area contributed by atoms with Crippen molar-refractivity contribution in [3.05, 3.63) is 78.4 Å². The number of nitrogens with zero attached hydrogens (tertiary/aromatic N) is 1. The zero-order chi connectivity index (χ0) is 19.7. The van der Waals surface area contributed by atoms with Crippen molar-refractivity contribution < 1.29 is 14.6 Å². The van der Waals surface area contributed by atoms with Crippen molar-refractivity contribution in [1.29, 1.82) is 0 Å². The minimum Gasteiger partial charge on any atom is -0.497 e. The Kier molecular flexibility index (Phi) is 4.41. The van der Waals surface area contributed by atoms with Gasteiger partial charge in [0.1, 0.15) is 5.75 Å². The first kappa shape index (κ1) is 17.5. The van der Waals surface area contributed by atoms with Crippen LogP contribution >= 0.6 is 0 Å². The molecule has 0 saturated heterocycles. The third-order valence-electron chi connectivity index (χ3n) is 4.67. The number of fused-ring (bicyclic) bond motifs is 1. The largest absolute Gasteiger partial charge is 0.497 e. The Hall–Kier alpha value is -3.86. The lowest BCUT2D eigenvalue weighted by molar-refractivity contribution is 0.0699. The monoisotopic (exact) mass is 370 g/mol. The van der Waals surface area contributed by atoms with Crippen LogP contribution < -0.4 is 10.5 Å². The van der Waals surface area contributed by atoms with Gasteiger partial charge in [0.05, 0.1) is 23.9 Å². The van der Waals surface area contributed by atoms with Gasteiger partial charge in [-0.25, -0.2) is 9.78 Å². The lowest BCUT2D eigenvalue weighted by atomic mass is 10.0. The Morgan fingerprint density at radius 3 is 2.11 bits per heavy atom. The number of ether oxygens (including phenoxy) is 1. The van der Waals surface area contributed by atoms with Crippen LogP contribution in [-0.2, 0) is 0 Å². The van der Waals surface area contributed by atoms with Gasteiger partial charge in [-0.3, -0.25) is 0 Å². The molecule has 0 aliphatic carbocycles. The van der Waals surface area contributed by atoms with E-state index in [2.05, 4.69) is 4.98 Å². The fourth-order valence-electron chi connectivity index (χ4n) is 3.19. The number of rotatable bonds is 4. The molecule has 1 aromatic heterocycles. The predicted octanol–water partition coefficient (Wildman–Crippen LogP) is 4.86. The molecule has 5 nitrogen and oxygen atoms in total. The predicted molar refractivity (Wildman–Crippen MR) is 111 cm³/mol. The van der Waals surface area contributed by atoms with Gasteiger partial charge in [0.25, 0.3) is 0 Å². The summed E-state index contributed by atoms with van der Waals surface area (Å²) in [5.41, 5.74) is 10.7. The highest BCUT2D eigenvalue weighted by molar-refractivity contribution is 6.04. The van der Waals surface area contributed by atoms with Crippen LogP contribution in [0.1, 0.15) is 10.4 Å². The number of aromatic carboxylic acids is 1. The Morgan fingerprint density at radius 1 is 0.893 bits per heavy atom. The fourth-order valence-corrected chi connectivity index (χ4v) is 3.19. The number of nitrogen functional groups attached to an aromatic ring is 1. The smallest absolute Gasteiger partial charge is 0.336 e. The van der Waals surface area contributed by atoms with Crippen LogP contribution in [0.5, 0.6) is 5.75 Å². The van der Waals surface area contributed by atoms with E-state index in [1.54, 1.807) is 31.4 Å². The Morgan fingerprint density at radius 2 is 1.50 bits per heavy atom. The van der Waals surface area contributed by atoms with Crippen molar-refractivity contribution in [2.24, 2.45) is 0 Å². The number of anilines is 1. The molecule has 0 atom stereocenters. The van der Waals surface area contributed by atoms with Crippen LogP contribution in [0.3, 0.4) is 0 Å². The summed E-state index contributed by atoms with van der Waals surface area (Å²) >= 11 is 0. The molecule has 4 aromatic rings. The highest BCUT2D eigenvalue weighted by Gasteiger charge is 2.13. The standard InChI is InChI=1S/C23H18N2O3/c1-28-18-9-6-15(7-10-18)14-2-4-16(5-3-14)22-13-20(23(26)27)19-12-17(24)8-11-21(19)25-22/h2-13H,24H2,1H3,(H,26,27). The van der Waals surface area contributed by atoms with Crippen molar-refractivity contribution >= 4 is 22.6 Å². The number of carbonyl (C=O) groups is 1. The molecule has 0 fully saturated rings. The first-order chi connectivity index (χ1) is 13.5. The van der Waals surface area contributed by atoms with Gasteiger partial charge in [0.15, 0.2) is 0 Å². The van der Waals surface area contributed by atoms with Crippen LogP contribution in [0, 0.1) is 0 Å². The molecule has 28 heavy (non-hydrogen) atoms. The van der Waals surface area contributed by atoms with Gasteiger partial charge in [-0.15, -0.1) is 0 Å². The Balaban J connectivity index is 1.75. The SMILES string of the molecule is COc1ccc(-c2ccc(-c3cc(C(=O)O)c4cc(N)ccc4n3)cc2)cc1. The van der Waals surface area contributed by atoms with Crippen LogP contribution in [0.25, 0.3) is 33.3 Å². The third-order valence-corrected chi connectivity index (χ3v) is 4.67. The van der Waals surface area contributed by atoms with E-state index in [4.69, 9.17) is 10.5 Å². The van der Waals surface area contributed by atoms with E-state index in [-0.39, 0.29) is 5.56 Å². The lowest BCUT2D eigenvalue weighted by Crippen LogP contribution is -2.01. The fraction of sp³-hybridized carbons (Fsp3) is 0.0435. The number of hydrogen-bond donors (Lipinski definition) is 2. The maximum Gasteiger partial charge on any atom is 0.336 e. The molecular formula is C23H18N2O3. The average molecular weight is 370 g/mol. The van der Waals surface area contributed by atoms with Crippen LogP contribution in [-0.4, -0.2) is 23.2 Å². The van der Waals surface area contributed by atoms with E-state index >= 15 is 0 Å². The third kappa shape index (κ3) is 3.25. The van der Waals surface area contributed by atoms with Crippen LogP contribution in [0.15, 0.2) is 72.8 Å². The van der Waals surface area contributed by atoms with Crippen LogP contribution in [0.4, 0.5) is 5.69 Å². The number of carboxylic acid groups (broad SMARTS) is 1. The first-order valence-corrected chi connectivity index (χ1v) is 8.73. The average Bonchev–Trinajstić information content (AvgIpc) is 2.73. The van der Waals surface area contributed by atoms with E-state index in [0.717, 1.165) is 22.4 Å². The van der Waals surface area contributed by atoms with Gasteiger partial charge in [-0.1, -0.05) is 36.4 Å². The molecule has 0 amide bonds. The molecule has 0 aliphatic rings. The molecule has 0 radical (unpaired) electrons. The summed E-state index contributed by atoms with van der Waals surface area (Å²) < 4.78 is 5.19. The molecule has 3 N–H and O–H groups in total. The minimum absolute atomic E-state index is 0.187. The van der Waals surface area contributed by atoms with Crippen molar-refractivity contribution in [3.8, 4) is 28.1 Å². The molecular weight excluding hydrogens is 352 g/mol. The summed E-state index contributed by atoms with van der Waals surface area (Å²) in [5, 5.41) is 10.1. The van der Waals surface area contributed by atoms with Gasteiger partial charge >= 0.3 is 5.97 Å². The molecule has 5 heteroatoms. The molecule has 0 saturated carbocycles. The molecule has 0 bridgehead atoms. The number of hydrogen-bond acceptors (Lipinski definition) is 4. The summed E-state index contributed by atoms with van der Waals surface area (Å²) in [5.74, 6) is -0.198. The molecule has 4 rings (SSSR count). The number of nitrogens with two attached hydrogens (primary N) is 1. The van der Waals surface area contributed by atoms with Gasteiger partial charge < -0.3 is 15.6 Å². The second kappa shape index (κ2) is 7.04. The summed E-state index contributed by atoms with van der Waals surface area (Å²) in [6.07, 6.45) is 0. The Bertz CT molecular complexity index is 1170. The van der Waals surface area contributed by atoms with Crippen molar-refractivity contribution in [2.75, 3.05) is 12.8 Å². The number of carboxylic acids is 1. The van der Waals surface area contributed by atoms with E-state index in [1.165, 1.54) is 0 Å². The molecule has 0 aliphatic heterocycles. The summed E-state index contributed by atoms with van der Waals surface area (Å²) in [4.78, 5) is 16.3. The second-order valence-corrected chi connectivity index (χ2v) is 6.44. The minimum atomic E-state index is -1.01. The zero-order valence-corrected chi connectivity index (χ0v) is 15.2. The normalized spacial score (nSPS) is 10.8. The molecule has 3 aromatic carbocycles. The number of aromatic nitrogens is 1. The number of benzene rings is 3. The van der Waals surface area contributed by atoms with Gasteiger partial charge in [-0.05, 0) is 47.5 Å². The van der Waals surface area contributed by atoms with E-state index in [9.17, 15) is 9.90 Å². The lowest BCUT2D eigenvalue weighted by Gasteiger charge is -2.09. The maximum atomic E-state index is 11.7. The van der Waals surface area contributed by atoms with E-state index in [1.807, 2.05) is 48.5 Å². The topological polar surface area (TPSA) is 85.4 Å². The second-order valence-electron chi connectivity index (χ2n) is 6.44. The Labute approximate surface area is 162 Å². The van der Waals surface area contributed by atoms with Crippen molar-refractivity contribution in [2.45, 2.75) is 0 Å². The summed E-state index contributed by atoms with van der Waals surface area (Å²) in [7, 11) is 1.64. The van der Waals surface area contributed by atoms with Gasteiger partial charge in [-0.2, -0.15) is 0 Å². The first-order valence-electron chi connectivity index (χ1n) is 8.73. The molecule has 0 spiro atoms.